The number of aliphatic hydroxyl groups is 1. The maximum Gasteiger partial charge on any atom is 0.394 e. The molecule has 6 heterocycles. The van der Waals surface area contributed by atoms with E-state index in [9.17, 15) is 14.7 Å². The number of anilines is 1. The number of aromatic amines is 1. The molecule has 2 bridgehead atoms. The molecule has 16 nitrogen and oxygen atoms in total. The summed E-state index contributed by atoms with van der Waals surface area (Å²) in [6, 6.07) is 9.15. The SMILES string of the molecule is CCC1=C[C@H]2CN(CCc3c([nH]c4cc(Br)ccc34)[C@@](C(=O)OC)(c3cc4c(cc3OC)N(C)[C@H]3[C@@](O)(C(=O)OC)[C@H](OC(C)=O)[C@]5(CC)C=CCN6CC[C@]43[C@@H]65)C2)C1.O=S(=O)(O)O. The minimum atomic E-state index is -4.67. The lowest BCUT2D eigenvalue weighted by atomic mass is 9.47. The molecule has 9 rings (SSSR count). The van der Waals surface area contributed by atoms with Crippen molar-refractivity contribution in [1.82, 2.24) is 14.8 Å². The van der Waals surface area contributed by atoms with Crippen molar-refractivity contribution in [2.75, 3.05) is 66.0 Å². The van der Waals surface area contributed by atoms with Gasteiger partial charge in [0.2, 0.25) is 5.60 Å². The Balaban J connectivity index is 0.00000106. The molecule has 64 heavy (non-hydrogen) atoms. The number of nitrogens with zero attached hydrogens (tertiary/aromatic N) is 3. The minimum absolute atomic E-state index is 0.00947. The van der Waals surface area contributed by atoms with Crippen LogP contribution in [0.2, 0.25) is 0 Å². The maximum atomic E-state index is 15.3. The van der Waals surface area contributed by atoms with Crippen LogP contribution in [0.15, 0.2) is 58.6 Å². The second-order valence-electron chi connectivity index (χ2n) is 18.1. The molecule has 0 radical (unpaired) electrons. The number of hydrogen-bond donors (Lipinski definition) is 4. The summed E-state index contributed by atoms with van der Waals surface area (Å²) in [4.78, 5) is 53.4. The Labute approximate surface area is 381 Å². The summed E-state index contributed by atoms with van der Waals surface area (Å²) < 4.78 is 56.5. The Hall–Kier alpha value is -4.30. The van der Waals surface area contributed by atoms with E-state index in [1.165, 1.54) is 26.7 Å². The number of fused-ring (bicyclic) bond motifs is 6. The predicted molar refractivity (Wildman–Crippen MR) is 241 cm³/mol. The van der Waals surface area contributed by atoms with E-state index in [1.54, 1.807) is 7.11 Å². The fourth-order valence-electron chi connectivity index (χ4n) is 13.1. The highest BCUT2D eigenvalue weighted by Gasteiger charge is 2.80. The number of nitrogens with one attached hydrogen (secondary N) is 1. The molecule has 2 fully saturated rings. The smallest absolute Gasteiger partial charge is 0.394 e. The van der Waals surface area contributed by atoms with Crippen LogP contribution in [-0.2, 0) is 56.2 Å². The highest BCUT2D eigenvalue weighted by Crippen LogP contribution is 2.68. The van der Waals surface area contributed by atoms with Gasteiger partial charge in [0.15, 0.2) is 6.10 Å². The first-order valence-corrected chi connectivity index (χ1v) is 23.8. The number of H-pyrrole nitrogens is 1. The monoisotopic (exact) mass is 968 g/mol. The number of carbonyl (C=O) groups excluding carboxylic acids is 3. The minimum Gasteiger partial charge on any atom is -0.496 e. The van der Waals surface area contributed by atoms with Crippen molar-refractivity contribution in [2.45, 2.75) is 87.5 Å². The number of ether oxygens (including phenoxy) is 4. The van der Waals surface area contributed by atoms with Gasteiger partial charge >= 0.3 is 28.3 Å². The highest BCUT2D eigenvalue weighted by atomic mass is 79.9. The van der Waals surface area contributed by atoms with Gasteiger partial charge in [-0.2, -0.15) is 8.42 Å². The number of esters is 3. The molecule has 1 unspecified atom stereocenters. The zero-order valence-corrected chi connectivity index (χ0v) is 39.5. The van der Waals surface area contributed by atoms with Gasteiger partial charge < -0.3 is 33.9 Å². The van der Waals surface area contributed by atoms with Crippen LogP contribution in [0, 0.1) is 11.3 Å². The highest BCUT2D eigenvalue weighted by molar-refractivity contribution is 9.10. The molecule has 2 aromatic carbocycles. The predicted octanol–water partition coefficient (Wildman–Crippen LogP) is 4.91. The molecule has 9 atom stereocenters. The lowest BCUT2D eigenvalue weighted by Gasteiger charge is -2.63. The van der Waals surface area contributed by atoms with Gasteiger partial charge in [-0.15, -0.1) is 0 Å². The van der Waals surface area contributed by atoms with Gasteiger partial charge in [0.25, 0.3) is 0 Å². The molecule has 18 heteroatoms. The first-order chi connectivity index (χ1) is 30.3. The van der Waals surface area contributed by atoms with Crippen molar-refractivity contribution in [3.05, 3.63) is 81.0 Å². The van der Waals surface area contributed by atoms with Crippen LogP contribution in [0.4, 0.5) is 5.69 Å². The third kappa shape index (κ3) is 6.84. The molecule has 1 spiro atoms. The van der Waals surface area contributed by atoms with Crippen molar-refractivity contribution < 1.29 is 56.0 Å². The Morgan fingerprint density at radius 2 is 1.72 bits per heavy atom. The van der Waals surface area contributed by atoms with Gasteiger partial charge in [0.1, 0.15) is 11.2 Å². The van der Waals surface area contributed by atoms with E-state index in [0.717, 1.165) is 63.9 Å². The van der Waals surface area contributed by atoms with Gasteiger partial charge in [0, 0.05) is 95.4 Å². The second kappa shape index (κ2) is 16.5. The Morgan fingerprint density at radius 3 is 2.36 bits per heavy atom. The van der Waals surface area contributed by atoms with Crippen LogP contribution in [0.25, 0.3) is 10.9 Å². The zero-order chi connectivity index (χ0) is 46.3. The molecule has 1 saturated carbocycles. The Kier molecular flexibility index (Phi) is 11.9. The average molecular weight is 970 g/mol. The Morgan fingerprint density at radius 1 is 1.00 bits per heavy atom. The topological polar surface area (TPSA) is 208 Å². The summed E-state index contributed by atoms with van der Waals surface area (Å²) in [7, 11) is 1.57. The third-order valence-electron chi connectivity index (χ3n) is 15.1. The lowest BCUT2D eigenvalue weighted by Crippen LogP contribution is -2.81. The number of methoxy groups -OCH3 is 3. The Bertz CT molecular complexity index is 2570. The van der Waals surface area contributed by atoms with Crippen LogP contribution in [-0.4, -0.2) is 140 Å². The van der Waals surface area contributed by atoms with Crippen LogP contribution in [0.5, 0.6) is 5.75 Å². The van der Waals surface area contributed by atoms with Crippen LogP contribution in [0.1, 0.15) is 68.8 Å². The van der Waals surface area contributed by atoms with Crippen LogP contribution < -0.4 is 9.64 Å². The molecule has 4 N–H and O–H groups in total. The van der Waals surface area contributed by atoms with Gasteiger partial charge in [0.05, 0.1) is 27.4 Å². The standard InChI is InChI=1S/C46H55BrN4O8.H2O4S/c1-8-27-19-28-23-45(41(53)57-6,37-31(13-17-50(24-27)25-28)30-12-11-29(47)20-34(30)48-37)33-21-32-35(22-36(33)56-5)49(4)39-44(32)15-18-51-16-10-14-43(9-2,38(44)51)40(59-26(3)52)46(39,55)42(54)58-7;1-5(2,3)4/h10-12,14,19-22,28,38-40,48,55H,8-9,13,15-18,23-25H2,1-7H3;(H2,1,2,3,4)/t28-,38+,39-,40-,43-,44-,45+,46+;/m1./s1. The number of likely N-dealkylation sites (N-methyl/N-ethyl adjacent to an activating group) is 1. The summed E-state index contributed by atoms with van der Waals surface area (Å²) >= 11 is 3.69. The first-order valence-electron chi connectivity index (χ1n) is 21.6. The molecule has 1 saturated heterocycles. The van der Waals surface area contributed by atoms with E-state index >= 15 is 4.79 Å². The lowest BCUT2D eigenvalue weighted by molar-refractivity contribution is -0.228. The molecular weight excluding hydrogens is 912 g/mol. The number of benzene rings is 2. The fraction of sp³-hybridized carbons (Fsp3) is 0.543. The third-order valence-corrected chi connectivity index (χ3v) is 15.6. The van der Waals surface area contributed by atoms with Crippen molar-refractivity contribution in [3.8, 4) is 5.75 Å². The van der Waals surface area contributed by atoms with Crippen molar-refractivity contribution in [1.29, 1.82) is 0 Å². The summed E-state index contributed by atoms with van der Waals surface area (Å²) in [6.45, 7) is 9.39. The summed E-state index contributed by atoms with van der Waals surface area (Å²) in [5.74, 6) is -1.34. The molecule has 1 aliphatic carbocycles. The second-order valence-corrected chi connectivity index (χ2v) is 19.9. The van der Waals surface area contributed by atoms with E-state index in [0.29, 0.717) is 50.1 Å². The van der Waals surface area contributed by atoms with Crippen molar-refractivity contribution in [3.63, 3.8) is 0 Å². The van der Waals surface area contributed by atoms with Crippen LogP contribution in [0.3, 0.4) is 0 Å². The van der Waals surface area contributed by atoms with E-state index in [2.05, 4.69) is 74.1 Å². The molecular formula is C46H57BrN4O12S. The number of aromatic nitrogens is 1. The quantitative estimate of drug-likeness (QED) is 0.107. The largest absolute Gasteiger partial charge is 0.496 e. The van der Waals surface area contributed by atoms with Gasteiger partial charge in [-0.05, 0) is 73.9 Å². The molecule has 3 aromatic rings. The van der Waals surface area contributed by atoms with Crippen molar-refractivity contribution in [2.24, 2.45) is 11.3 Å². The van der Waals surface area contributed by atoms with Crippen LogP contribution >= 0.6 is 15.9 Å². The molecule has 1 aromatic heterocycles. The number of hydrogen-bond acceptors (Lipinski definition) is 13. The molecule has 5 aliphatic heterocycles. The summed E-state index contributed by atoms with van der Waals surface area (Å²) in [6.07, 6.45) is 8.37. The maximum absolute atomic E-state index is 15.3. The molecule has 6 aliphatic rings. The van der Waals surface area contributed by atoms with Crippen molar-refractivity contribution >= 4 is 60.8 Å². The van der Waals surface area contributed by atoms with Gasteiger partial charge in [-0.1, -0.05) is 59.6 Å². The number of rotatable bonds is 7. The van der Waals surface area contributed by atoms with E-state index < -0.39 is 62.3 Å². The number of carbonyl (C=O) groups is 3. The fourth-order valence-corrected chi connectivity index (χ4v) is 13.4. The zero-order valence-electron chi connectivity index (χ0n) is 37.1. The molecule has 346 valence electrons. The summed E-state index contributed by atoms with van der Waals surface area (Å²) in [5.41, 5.74) is 0.968. The van der Waals surface area contributed by atoms with E-state index in [1.807, 2.05) is 31.0 Å². The molecule has 0 amide bonds. The normalized spacial score (nSPS) is 32.6. The average Bonchev–Trinajstić information content (AvgIpc) is 3.91. The van der Waals surface area contributed by atoms with E-state index in [4.69, 9.17) is 36.5 Å². The van der Waals surface area contributed by atoms with Gasteiger partial charge in [-0.3, -0.25) is 28.5 Å². The first kappa shape index (κ1) is 46.2. The number of halogens is 1. The van der Waals surface area contributed by atoms with E-state index in [-0.39, 0.29) is 12.0 Å². The summed E-state index contributed by atoms with van der Waals surface area (Å²) in [5, 5.41) is 14.4. The van der Waals surface area contributed by atoms with Gasteiger partial charge in [-0.25, -0.2) is 4.79 Å².